The van der Waals surface area contributed by atoms with E-state index in [1.807, 2.05) is 0 Å². The van der Waals surface area contributed by atoms with Gasteiger partial charge in [0, 0.05) is 0 Å². The number of carbonyl (C=O) groups is 1. The van der Waals surface area contributed by atoms with Crippen molar-refractivity contribution in [2.75, 3.05) is 6.07 Å². The maximum Gasteiger partial charge on any atom is 0.510 e. The second-order valence-electron chi connectivity index (χ2n) is 4.03. The molecular formula is C10H17ClO3. The Morgan fingerprint density at radius 3 is 2.43 bits per heavy atom. The minimum atomic E-state index is -0.643. The van der Waals surface area contributed by atoms with Gasteiger partial charge in [-0.05, 0) is 31.6 Å². The molecule has 1 rings (SSSR count). The van der Waals surface area contributed by atoms with Crippen molar-refractivity contribution in [2.24, 2.45) is 5.92 Å². The molecule has 0 spiro atoms. The van der Waals surface area contributed by atoms with Gasteiger partial charge in [0.2, 0.25) is 0 Å². The highest BCUT2D eigenvalue weighted by atomic mass is 35.5. The smallest absolute Gasteiger partial charge is 0.427 e. The molecule has 82 valence electrons. The Kier molecular flexibility index (Phi) is 4.05. The van der Waals surface area contributed by atoms with E-state index in [-0.39, 0.29) is 11.7 Å². The molecule has 0 saturated heterocycles. The summed E-state index contributed by atoms with van der Waals surface area (Å²) in [5.74, 6) is 0.327. The van der Waals surface area contributed by atoms with Gasteiger partial charge in [-0.1, -0.05) is 25.4 Å². The number of alkyl halides is 1. The lowest BCUT2D eigenvalue weighted by atomic mass is 9.88. The molecule has 14 heavy (non-hydrogen) atoms. The van der Waals surface area contributed by atoms with E-state index in [0.29, 0.717) is 5.92 Å². The molecule has 4 heteroatoms. The van der Waals surface area contributed by atoms with Crippen LogP contribution in [-0.2, 0) is 9.47 Å². The van der Waals surface area contributed by atoms with Crippen LogP contribution in [0.2, 0.25) is 0 Å². The molecule has 0 N–H and O–H groups in total. The summed E-state index contributed by atoms with van der Waals surface area (Å²) >= 11 is 5.28. The molecule has 0 aliphatic heterocycles. The van der Waals surface area contributed by atoms with Gasteiger partial charge < -0.3 is 9.47 Å². The summed E-state index contributed by atoms with van der Waals surface area (Å²) in [6, 6.07) is -0.146. The molecule has 1 fully saturated rings. The van der Waals surface area contributed by atoms with E-state index in [1.54, 1.807) is 0 Å². The summed E-state index contributed by atoms with van der Waals surface area (Å²) in [5.41, 5.74) is -0.316. The molecule has 0 amide bonds. The van der Waals surface area contributed by atoms with E-state index >= 15 is 0 Å². The lowest BCUT2D eigenvalue weighted by Gasteiger charge is -2.32. The van der Waals surface area contributed by atoms with E-state index < -0.39 is 6.16 Å². The molecule has 0 bridgehead atoms. The Labute approximate surface area is 89.7 Å². The fourth-order valence-electron chi connectivity index (χ4n) is 2.01. The van der Waals surface area contributed by atoms with Crippen molar-refractivity contribution in [1.29, 1.82) is 0 Å². The van der Waals surface area contributed by atoms with E-state index in [0.717, 1.165) is 25.7 Å². The summed E-state index contributed by atoms with van der Waals surface area (Å²) < 4.78 is 9.94. The molecular weight excluding hydrogens is 204 g/mol. The summed E-state index contributed by atoms with van der Waals surface area (Å²) in [6.07, 6.45) is 3.46. The molecule has 0 radical (unpaired) electrons. The van der Waals surface area contributed by atoms with Gasteiger partial charge >= 0.3 is 6.16 Å². The fourth-order valence-corrected chi connectivity index (χ4v) is 2.10. The van der Waals surface area contributed by atoms with Crippen LogP contribution >= 0.6 is 11.6 Å². The van der Waals surface area contributed by atoms with Gasteiger partial charge in [0.15, 0.2) is 6.07 Å². The quantitative estimate of drug-likeness (QED) is 0.541. The summed E-state index contributed by atoms with van der Waals surface area (Å²) in [5, 5.41) is 0. The number of hydrogen-bond donors (Lipinski definition) is 0. The van der Waals surface area contributed by atoms with Gasteiger partial charge in [-0.2, -0.15) is 0 Å². The van der Waals surface area contributed by atoms with Crippen molar-refractivity contribution >= 4 is 17.8 Å². The van der Waals surface area contributed by atoms with Crippen molar-refractivity contribution in [3.63, 3.8) is 0 Å². The van der Waals surface area contributed by atoms with Crippen LogP contribution in [0.3, 0.4) is 0 Å². The van der Waals surface area contributed by atoms with Gasteiger partial charge in [-0.15, -0.1) is 0 Å². The van der Waals surface area contributed by atoms with Crippen LogP contribution < -0.4 is 0 Å². The number of halogens is 1. The highest BCUT2D eigenvalue weighted by molar-refractivity contribution is 6.17. The Balaban J connectivity index is 2.56. The first kappa shape index (κ1) is 11.6. The van der Waals surface area contributed by atoms with Crippen molar-refractivity contribution < 1.29 is 14.3 Å². The first-order valence-electron chi connectivity index (χ1n) is 5.02. The number of rotatable bonds is 3. The summed E-state index contributed by atoms with van der Waals surface area (Å²) in [4.78, 5) is 11.2. The molecule has 3 nitrogen and oxygen atoms in total. The average Bonchev–Trinajstić information content (AvgIpc) is 2.54. The second-order valence-corrected chi connectivity index (χ2v) is 4.25. The highest BCUT2D eigenvalue weighted by Gasteiger charge is 2.41. The van der Waals surface area contributed by atoms with E-state index in [2.05, 4.69) is 18.6 Å². The first-order chi connectivity index (χ1) is 6.60. The third kappa shape index (κ3) is 2.53. The van der Waals surface area contributed by atoms with Crippen LogP contribution in [0.25, 0.3) is 0 Å². The molecule has 0 unspecified atom stereocenters. The second kappa shape index (κ2) is 4.87. The minimum absolute atomic E-state index is 0.146. The maximum absolute atomic E-state index is 11.2. The Bertz CT molecular complexity index is 198. The fraction of sp³-hybridized carbons (Fsp3) is 0.900. The van der Waals surface area contributed by atoms with E-state index in [1.165, 1.54) is 0 Å². The standard InChI is InChI=1S/C10H17ClO3/c1-8(2)10(5-3-4-6-10)14-9(12)13-7-11/h8H,3-7H2,1-2H3. The van der Waals surface area contributed by atoms with Crippen LogP contribution in [0.4, 0.5) is 4.79 Å². The number of carbonyl (C=O) groups excluding carboxylic acids is 1. The molecule has 1 aliphatic rings. The van der Waals surface area contributed by atoms with Gasteiger partial charge in [0.1, 0.15) is 5.60 Å². The molecule has 0 aromatic carbocycles. The van der Waals surface area contributed by atoms with Crippen molar-refractivity contribution in [3.05, 3.63) is 0 Å². The predicted molar refractivity (Wildman–Crippen MR) is 54.3 cm³/mol. The van der Waals surface area contributed by atoms with Gasteiger partial charge in [-0.25, -0.2) is 4.79 Å². The molecule has 0 heterocycles. The Morgan fingerprint density at radius 2 is 2.00 bits per heavy atom. The van der Waals surface area contributed by atoms with E-state index in [4.69, 9.17) is 16.3 Å². The molecule has 0 atom stereocenters. The zero-order chi connectivity index (χ0) is 10.6. The summed E-state index contributed by atoms with van der Waals surface area (Å²) in [6.45, 7) is 4.14. The van der Waals surface area contributed by atoms with Crippen LogP contribution in [0.1, 0.15) is 39.5 Å². The highest BCUT2D eigenvalue weighted by Crippen LogP contribution is 2.39. The maximum atomic E-state index is 11.2. The molecule has 0 aromatic heterocycles. The van der Waals surface area contributed by atoms with Gasteiger partial charge in [-0.3, -0.25) is 0 Å². The number of ether oxygens (including phenoxy) is 2. The topological polar surface area (TPSA) is 35.5 Å². The lowest BCUT2D eigenvalue weighted by molar-refractivity contribution is -0.0528. The van der Waals surface area contributed by atoms with Crippen LogP contribution in [-0.4, -0.2) is 17.8 Å². The molecule has 0 aromatic rings. The first-order valence-corrected chi connectivity index (χ1v) is 5.56. The third-order valence-electron chi connectivity index (χ3n) is 2.96. The van der Waals surface area contributed by atoms with Crippen LogP contribution in [0, 0.1) is 5.92 Å². The third-order valence-corrected chi connectivity index (χ3v) is 3.07. The van der Waals surface area contributed by atoms with Gasteiger partial charge in [0.05, 0.1) is 0 Å². The van der Waals surface area contributed by atoms with Crippen molar-refractivity contribution in [1.82, 2.24) is 0 Å². The number of hydrogen-bond acceptors (Lipinski definition) is 3. The van der Waals surface area contributed by atoms with E-state index in [9.17, 15) is 4.79 Å². The largest absolute Gasteiger partial charge is 0.510 e. The Hall–Kier alpha value is -0.440. The average molecular weight is 221 g/mol. The normalized spacial score (nSPS) is 19.7. The SMILES string of the molecule is CC(C)C1(OC(=O)OCCl)CCCC1. The summed E-state index contributed by atoms with van der Waals surface area (Å²) in [7, 11) is 0. The van der Waals surface area contributed by atoms with Crippen molar-refractivity contribution in [2.45, 2.75) is 45.1 Å². The monoisotopic (exact) mass is 220 g/mol. The van der Waals surface area contributed by atoms with Gasteiger partial charge in [0.25, 0.3) is 0 Å². The van der Waals surface area contributed by atoms with Crippen LogP contribution in [0.5, 0.6) is 0 Å². The zero-order valence-corrected chi connectivity index (χ0v) is 9.47. The molecule has 1 aliphatic carbocycles. The van der Waals surface area contributed by atoms with Crippen LogP contribution in [0.15, 0.2) is 0 Å². The molecule has 1 saturated carbocycles. The zero-order valence-electron chi connectivity index (χ0n) is 8.72. The van der Waals surface area contributed by atoms with Crippen molar-refractivity contribution in [3.8, 4) is 0 Å². The predicted octanol–water partition coefficient (Wildman–Crippen LogP) is 3.30. The lowest BCUT2D eigenvalue weighted by Crippen LogP contribution is -2.37. The Morgan fingerprint density at radius 1 is 1.43 bits per heavy atom. The minimum Gasteiger partial charge on any atom is -0.427 e.